The largest absolute Gasteiger partial charge is 0.496 e. The van der Waals surface area contributed by atoms with Crippen LogP contribution in [0.15, 0.2) is 18.2 Å². The molecule has 0 saturated carbocycles. The molecule has 1 aromatic carbocycles. The van der Waals surface area contributed by atoms with E-state index in [1.54, 1.807) is 25.1 Å². The predicted molar refractivity (Wildman–Crippen MR) is 107 cm³/mol. The van der Waals surface area contributed by atoms with Gasteiger partial charge in [0.05, 0.1) is 14.2 Å². The molecular weight excluding hydrogens is 367 g/mol. The van der Waals surface area contributed by atoms with Crippen molar-refractivity contribution in [3.63, 3.8) is 0 Å². The van der Waals surface area contributed by atoms with E-state index in [1.165, 1.54) is 21.3 Å². The van der Waals surface area contributed by atoms with Crippen molar-refractivity contribution < 1.29 is 28.1 Å². The van der Waals surface area contributed by atoms with Crippen molar-refractivity contribution in [3.05, 3.63) is 23.8 Å². The first-order valence-corrected chi connectivity index (χ1v) is 10.8. The predicted octanol–water partition coefficient (Wildman–Crippen LogP) is 5.20. The molecule has 6 nitrogen and oxygen atoms in total. The summed E-state index contributed by atoms with van der Waals surface area (Å²) in [7, 11) is 0.606. The molecule has 0 aromatic heterocycles. The summed E-state index contributed by atoms with van der Waals surface area (Å²) in [5.74, 6) is 0.623. The first-order valence-electron chi connectivity index (χ1n) is 9.03. The van der Waals surface area contributed by atoms with Gasteiger partial charge >= 0.3 is 0 Å². The molecule has 0 N–H and O–H groups in total. The van der Waals surface area contributed by atoms with Gasteiger partial charge in [-0.1, -0.05) is 33.8 Å². The van der Waals surface area contributed by atoms with Gasteiger partial charge in [0.15, 0.2) is 6.29 Å². The lowest BCUT2D eigenvalue weighted by Crippen LogP contribution is -2.21. The highest BCUT2D eigenvalue weighted by molar-refractivity contribution is 7.77. The lowest BCUT2D eigenvalue weighted by atomic mass is 9.86. The number of hydrogen-bond acceptors (Lipinski definition) is 6. The van der Waals surface area contributed by atoms with Gasteiger partial charge < -0.3 is 14.2 Å². The van der Waals surface area contributed by atoms with Crippen LogP contribution in [-0.2, 0) is 13.8 Å². The van der Waals surface area contributed by atoms with Crippen molar-refractivity contribution in [3.8, 4) is 11.5 Å². The lowest BCUT2D eigenvalue weighted by molar-refractivity contribution is -0.0363. The Bertz CT molecular complexity index is 657. The van der Waals surface area contributed by atoms with E-state index >= 15 is 0 Å². The smallest absolute Gasteiger partial charge is 0.274 e. The number of carbonyl (C=O) groups excluding carboxylic acids is 1. The molecule has 7 heteroatoms. The van der Waals surface area contributed by atoms with Gasteiger partial charge in [0, 0.05) is 13.3 Å². The van der Waals surface area contributed by atoms with Crippen LogP contribution in [0, 0.1) is 11.3 Å². The molecule has 0 saturated heterocycles. The van der Waals surface area contributed by atoms with E-state index in [1.807, 2.05) is 6.92 Å². The number of benzene rings is 1. The third-order valence-electron chi connectivity index (χ3n) is 4.11. The molecule has 0 aliphatic rings. The Balaban J connectivity index is 3.35. The average Bonchev–Trinajstić information content (AvgIpc) is 2.58. The number of rotatable bonds is 10. The maximum Gasteiger partial charge on any atom is 0.274 e. The highest BCUT2D eigenvalue weighted by Crippen LogP contribution is 2.55. The first kappa shape index (κ1) is 23.7. The molecule has 0 aliphatic heterocycles. The zero-order valence-electron chi connectivity index (χ0n) is 17.7. The lowest BCUT2D eigenvalue weighted by Gasteiger charge is -2.28. The number of carbonyl (C=O) groups is 1. The minimum atomic E-state index is -3.75. The van der Waals surface area contributed by atoms with Crippen molar-refractivity contribution in [1.82, 2.24) is 0 Å². The van der Waals surface area contributed by atoms with Crippen LogP contribution in [-0.4, -0.2) is 39.3 Å². The topological polar surface area (TPSA) is 71.1 Å². The number of ether oxygens (including phenoxy) is 3. The second-order valence-corrected chi connectivity index (χ2v) is 10.3. The van der Waals surface area contributed by atoms with Crippen molar-refractivity contribution in [1.29, 1.82) is 0 Å². The maximum atomic E-state index is 13.8. The summed E-state index contributed by atoms with van der Waals surface area (Å²) in [5, 5.41) is 0. The van der Waals surface area contributed by atoms with Crippen LogP contribution >= 0.6 is 7.37 Å². The monoisotopic (exact) mass is 400 g/mol. The van der Waals surface area contributed by atoms with Crippen molar-refractivity contribution in [2.24, 2.45) is 11.3 Å². The molecule has 154 valence electrons. The van der Waals surface area contributed by atoms with Crippen LogP contribution in [0.2, 0.25) is 0 Å². The maximum absolute atomic E-state index is 13.8. The van der Waals surface area contributed by atoms with E-state index in [4.69, 9.17) is 18.7 Å². The number of methoxy groups -OCH3 is 3. The molecule has 3 unspecified atom stereocenters. The molecule has 0 spiro atoms. The second-order valence-electron chi connectivity index (χ2n) is 7.98. The van der Waals surface area contributed by atoms with Gasteiger partial charge in [-0.2, -0.15) is 0 Å². The fourth-order valence-electron chi connectivity index (χ4n) is 3.21. The van der Waals surface area contributed by atoms with E-state index < -0.39 is 19.2 Å². The SMILES string of the molecule is COc1cccc(OC)c1C(=O)P(=O)(CC(C)CC(C)(C)C)OC(C)OC. The standard InChI is InChI=1S/C20H33O6P/c1-14(12-20(3,4)5)13-27(22,26-15(2)23-6)19(21)18-16(24-7)10-9-11-17(18)25-8/h9-11,14-15H,12-13H2,1-8H3. The fourth-order valence-corrected chi connectivity index (χ4v) is 5.63. The van der Waals surface area contributed by atoms with E-state index in [-0.39, 0.29) is 23.1 Å². The molecule has 3 atom stereocenters. The molecule has 1 aromatic rings. The Kier molecular flexibility index (Phi) is 8.52. The molecular formula is C20H33O6P. The summed E-state index contributed by atoms with van der Waals surface area (Å²) >= 11 is 0. The molecule has 0 amide bonds. The van der Waals surface area contributed by atoms with Gasteiger partial charge in [-0.15, -0.1) is 0 Å². The van der Waals surface area contributed by atoms with Gasteiger partial charge in [0.2, 0.25) is 0 Å². The first-order chi connectivity index (χ1) is 12.5. The molecule has 0 aliphatic carbocycles. The van der Waals surface area contributed by atoms with Gasteiger partial charge in [0.1, 0.15) is 17.1 Å². The van der Waals surface area contributed by atoms with Gasteiger partial charge in [0.25, 0.3) is 12.9 Å². The number of hydrogen-bond donors (Lipinski definition) is 0. The van der Waals surface area contributed by atoms with Crippen molar-refractivity contribution in [2.75, 3.05) is 27.5 Å². The second kappa shape index (κ2) is 9.72. The van der Waals surface area contributed by atoms with E-state index in [2.05, 4.69) is 20.8 Å². The summed E-state index contributed by atoms with van der Waals surface area (Å²) in [5.41, 5.74) is -0.430. The van der Waals surface area contributed by atoms with Gasteiger partial charge in [-0.25, -0.2) is 0 Å². The van der Waals surface area contributed by atoms with E-state index in [0.29, 0.717) is 11.5 Å². The zero-order valence-corrected chi connectivity index (χ0v) is 18.6. The Labute approximate surface area is 163 Å². The summed E-state index contributed by atoms with van der Waals surface area (Å²) in [4.78, 5) is 13.4. The Morgan fingerprint density at radius 3 is 2.00 bits per heavy atom. The molecule has 0 radical (unpaired) electrons. The van der Waals surface area contributed by atoms with Crippen molar-refractivity contribution >= 4 is 12.9 Å². The molecule has 27 heavy (non-hydrogen) atoms. The summed E-state index contributed by atoms with van der Waals surface area (Å²) in [6.07, 6.45) is 0.151. The van der Waals surface area contributed by atoms with Crippen LogP contribution < -0.4 is 9.47 Å². The Hall–Kier alpha value is -1.36. The molecule has 0 bridgehead atoms. The summed E-state index contributed by atoms with van der Waals surface area (Å²) in [6, 6.07) is 4.98. The molecule has 0 heterocycles. The Morgan fingerprint density at radius 2 is 1.59 bits per heavy atom. The highest BCUT2D eigenvalue weighted by Gasteiger charge is 2.40. The zero-order chi connectivity index (χ0) is 20.8. The van der Waals surface area contributed by atoms with Crippen LogP contribution in [0.4, 0.5) is 0 Å². The minimum absolute atomic E-state index is 0.0181. The van der Waals surface area contributed by atoms with Gasteiger partial charge in [-0.05, 0) is 36.8 Å². The van der Waals surface area contributed by atoms with Crippen LogP contribution in [0.1, 0.15) is 51.4 Å². The third kappa shape index (κ3) is 6.63. The van der Waals surface area contributed by atoms with Crippen LogP contribution in [0.3, 0.4) is 0 Å². The third-order valence-corrected chi connectivity index (χ3v) is 6.70. The summed E-state index contributed by atoms with van der Waals surface area (Å²) in [6.45, 7) is 9.92. The quantitative estimate of drug-likeness (QED) is 0.397. The average molecular weight is 400 g/mol. The van der Waals surface area contributed by atoms with Gasteiger partial charge in [-0.3, -0.25) is 13.9 Å². The molecule has 1 rings (SSSR count). The highest BCUT2D eigenvalue weighted by atomic mass is 31.2. The molecule has 0 fully saturated rings. The van der Waals surface area contributed by atoms with Crippen LogP contribution in [0.5, 0.6) is 11.5 Å². The van der Waals surface area contributed by atoms with E-state index in [9.17, 15) is 9.36 Å². The Morgan fingerprint density at radius 1 is 1.07 bits per heavy atom. The summed E-state index contributed by atoms with van der Waals surface area (Å²) < 4.78 is 35.2. The fraction of sp³-hybridized carbons (Fsp3) is 0.650. The van der Waals surface area contributed by atoms with Crippen LogP contribution in [0.25, 0.3) is 0 Å². The van der Waals surface area contributed by atoms with E-state index in [0.717, 1.165) is 6.42 Å². The minimum Gasteiger partial charge on any atom is -0.496 e. The van der Waals surface area contributed by atoms with Crippen molar-refractivity contribution in [2.45, 2.75) is 47.3 Å². The normalized spacial score (nSPS) is 16.3.